The second kappa shape index (κ2) is 6.33. The molecule has 0 spiro atoms. The monoisotopic (exact) mass is 269 g/mol. The summed E-state index contributed by atoms with van der Waals surface area (Å²) >= 11 is 0. The molecule has 0 aliphatic heterocycles. The third-order valence-corrected chi connectivity index (χ3v) is 3.00. The number of carbonyl (C=O) groups is 1. The largest absolute Gasteiger partial charge is 0.404 e. The third kappa shape index (κ3) is 3.67. The lowest BCUT2D eigenvalue weighted by Gasteiger charge is -2.07. The quantitative estimate of drug-likeness (QED) is 0.792. The second-order valence-corrected chi connectivity index (χ2v) is 5.31. The molecule has 1 aromatic heterocycles. The average molecular weight is 269 g/mol. The molecular weight excluding hydrogens is 250 g/mol. The lowest BCUT2D eigenvalue weighted by Crippen LogP contribution is -2.11. The fourth-order valence-electron chi connectivity index (χ4n) is 2.02. The van der Waals surface area contributed by atoms with Crippen molar-refractivity contribution in [1.29, 1.82) is 0 Å². The minimum Gasteiger partial charge on any atom is -0.404 e. The molecule has 0 amide bonds. The highest BCUT2D eigenvalue weighted by atomic mass is 16.5. The molecule has 1 aromatic carbocycles. The number of hydrogen-bond acceptors (Lipinski definition) is 3. The molecule has 0 aliphatic rings. The van der Waals surface area contributed by atoms with E-state index < -0.39 is 0 Å². The van der Waals surface area contributed by atoms with Crippen LogP contribution >= 0.6 is 0 Å². The van der Waals surface area contributed by atoms with E-state index in [1.807, 2.05) is 31.2 Å². The number of hydrogen-bond donors (Lipinski definition) is 0. The first kappa shape index (κ1) is 14.3. The van der Waals surface area contributed by atoms with Crippen LogP contribution in [0.1, 0.15) is 35.3 Å². The molecule has 0 N–H and O–H groups in total. The summed E-state index contributed by atoms with van der Waals surface area (Å²) in [6.07, 6.45) is 2.74. The Morgan fingerprint density at radius 1 is 1.20 bits per heavy atom. The number of rotatable bonds is 4. The predicted molar refractivity (Wildman–Crippen MR) is 78.9 cm³/mol. The summed E-state index contributed by atoms with van der Waals surface area (Å²) in [6, 6.07) is 11.1. The van der Waals surface area contributed by atoms with Crippen molar-refractivity contribution in [3.8, 4) is 5.88 Å². The molecule has 0 radical (unpaired) electrons. The van der Waals surface area contributed by atoms with Crippen LogP contribution in [0, 0.1) is 12.8 Å². The molecule has 0 bridgehead atoms. The third-order valence-electron chi connectivity index (χ3n) is 3.00. The molecule has 0 unspecified atom stereocenters. The van der Waals surface area contributed by atoms with Crippen LogP contribution in [-0.2, 0) is 6.42 Å². The lowest BCUT2D eigenvalue weighted by molar-refractivity contribution is 0.0726. The SMILES string of the molecule is Cc1ccccc1C(=O)Oc1ccc(CC(C)C)cn1. The average Bonchev–Trinajstić information content (AvgIpc) is 2.41. The number of pyridine rings is 1. The van der Waals surface area contributed by atoms with Crippen LogP contribution in [-0.4, -0.2) is 11.0 Å². The number of nitrogens with zero attached hydrogens (tertiary/aromatic N) is 1. The highest BCUT2D eigenvalue weighted by Crippen LogP contribution is 2.14. The summed E-state index contributed by atoms with van der Waals surface area (Å²) in [6.45, 7) is 6.20. The van der Waals surface area contributed by atoms with Gasteiger partial charge in [-0.05, 0) is 36.5 Å². The van der Waals surface area contributed by atoms with E-state index in [-0.39, 0.29) is 5.97 Å². The Hall–Kier alpha value is -2.16. The first-order valence-electron chi connectivity index (χ1n) is 6.79. The van der Waals surface area contributed by atoms with E-state index in [0.717, 1.165) is 17.5 Å². The standard InChI is InChI=1S/C17H19NO2/c1-12(2)10-14-8-9-16(18-11-14)20-17(19)15-7-5-4-6-13(15)3/h4-9,11-12H,10H2,1-3H3. The van der Waals surface area contributed by atoms with Crippen molar-refractivity contribution in [3.05, 3.63) is 59.3 Å². The van der Waals surface area contributed by atoms with Gasteiger partial charge in [-0.2, -0.15) is 0 Å². The Morgan fingerprint density at radius 2 is 1.95 bits per heavy atom. The summed E-state index contributed by atoms with van der Waals surface area (Å²) in [5.41, 5.74) is 2.62. The maximum atomic E-state index is 12.0. The normalized spacial score (nSPS) is 10.6. The molecule has 20 heavy (non-hydrogen) atoms. The molecule has 3 nitrogen and oxygen atoms in total. The number of carbonyl (C=O) groups excluding carboxylic acids is 1. The van der Waals surface area contributed by atoms with Crippen LogP contribution in [0.4, 0.5) is 0 Å². The first-order chi connectivity index (χ1) is 9.56. The Kier molecular flexibility index (Phi) is 4.51. The van der Waals surface area contributed by atoms with Gasteiger partial charge in [-0.1, -0.05) is 38.1 Å². The van der Waals surface area contributed by atoms with Crippen molar-refractivity contribution in [2.75, 3.05) is 0 Å². The molecule has 0 aliphatic carbocycles. The maximum Gasteiger partial charge on any atom is 0.345 e. The fraction of sp³-hybridized carbons (Fsp3) is 0.294. The summed E-state index contributed by atoms with van der Waals surface area (Å²) < 4.78 is 5.29. The van der Waals surface area contributed by atoms with Gasteiger partial charge in [0.2, 0.25) is 5.88 Å². The molecule has 0 fully saturated rings. The number of esters is 1. The van der Waals surface area contributed by atoms with Gasteiger partial charge in [0.1, 0.15) is 0 Å². The zero-order chi connectivity index (χ0) is 14.5. The van der Waals surface area contributed by atoms with E-state index in [2.05, 4.69) is 18.8 Å². The molecule has 2 aromatic rings. The van der Waals surface area contributed by atoms with Crippen molar-refractivity contribution in [1.82, 2.24) is 4.98 Å². The minimum absolute atomic E-state index is 0.339. The number of benzene rings is 1. The Labute approximate surface area is 119 Å². The molecule has 0 atom stereocenters. The van der Waals surface area contributed by atoms with E-state index in [4.69, 9.17) is 4.74 Å². The van der Waals surface area contributed by atoms with E-state index in [0.29, 0.717) is 17.4 Å². The Balaban J connectivity index is 2.07. The summed E-state index contributed by atoms with van der Waals surface area (Å²) in [7, 11) is 0. The van der Waals surface area contributed by atoms with Gasteiger partial charge in [0, 0.05) is 12.3 Å². The van der Waals surface area contributed by atoms with Gasteiger partial charge < -0.3 is 4.74 Å². The van der Waals surface area contributed by atoms with Gasteiger partial charge in [0.05, 0.1) is 5.56 Å². The number of aryl methyl sites for hydroxylation is 1. The zero-order valence-electron chi connectivity index (χ0n) is 12.1. The Morgan fingerprint density at radius 3 is 2.55 bits per heavy atom. The van der Waals surface area contributed by atoms with E-state index in [1.165, 1.54) is 0 Å². The molecule has 0 saturated carbocycles. The van der Waals surface area contributed by atoms with Gasteiger partial charge in [0.25, 0.3) is 0 Å². The highest BCUT2D eigenvalue weighted by molar-refractivity contribution is 5.92. The van der Waals surface area contributed by atoms with Crippen molar-refractivity contribution in [2.24, 2.45) is 5.92 Å². The van der Waals surface area contributed by atoms with Crippen LogP contribution in [0.3, 0.4) is 0 Å². The molecule has 104 valence electrons. The van der Waals surface area contributed by atoms with Crippen LogP contribution in [0.15, 0.2) is 42.6 Å². The van der Waals surface area contributed by atoms with Gasteiger partial charge in [-0.3, -0.25) is 0 Å². The van der Waals surface area contributed by atoms with Crippen LogP contribution in [0.2, 0.25) is 0 Å². The fourth-order valence-corrected chi connectivity index (χ4v) is 2.02. The molecule has 1 heterocycles. The van der Waals surface area contributed by atoms with Crippen molar-refractivity contribution in [2.45, 2.75) is 27.2 Å². The van der Waals surface area contributed by atoms with Gasteiger partial charge in [-0.25, -0.2) is 9.78 Å². The van der Waals surface area contributed by atoms with Gasteiger partial charge >= 0.3 is 5.97 Å². The van der Waals surface area contributed by atoms with Gasteiger partial charge in [-0.15, -0.1) is 0 Å². The van der Waals surface area contributed by atoms with E-state index >= 15 is 0 Å². The zero-order valence-corrected chi connectivity index (χ0v) is 12.1. The summed E-state index contributed by atoms with van der Waals surface area (Å²) in [5.74, 6) is 0.551. The number of aromatic nitrogens is 1. The van der Waals surface area contributed by atoms with E-state index in [9.17, 15) is 4.79 Å². The van der Waals surface area contributed by atoms with Crippen molar-refractivity contribution in [3.63, 3.8) is 0 Å². The maximum absolute atomic E-state index is 12.0. The molecule has 2 rings (SSSR count). The first-order valence-corrected chi connectivity index (χ1v) is 6.79. The topological polar surface area (TPSA) is 39.2 Å². The second-order valence-electron chi connectivity index (χ2n) is 5.31. The number of ether oxygens (including phenoxy) is 1. The highest BCUT2D eigenvalue weighted by Gasteiger charge is 2.11. The molecule has 0 saturated heterocycles. The predicted octanol–water partition coefficient (Wildman–Crippen LogP) is 3.81. The lowest BCUT2D eigenvalue weighted by atomic mass is 10.1. The smallest absolute Gasteiger partial charge is 0.345 e. The van der Waals surface area contributed by atoms with Gasteiger partial charge in [0.15, 0.2) is 0 Å². The van der Waals surface area contributed by atoms with Crippen LogP contribution in [0.25, 0.3) is 0 Å². The van der Waals surface area contributed by atoms with Crippen LogP contribution < -0.4 is 4.74 Å². The Bertz CT molecular complexity index is 588. The summed E-state index contributed by atoms with van der Waals surface area (Å²) in [5, 5.41) is 0. The van der Waals surface area contributed by atoms with Crippen molar-refractivity contribution >= 4 is 5.97 Å². The van der Waals surface area contributed by atoms with E-state index in [1.54, 1.807) is 18.3 Å². The van der Waals surface area contributed by atoms with Crippen molar-refractivity contribution < 1.29 is 9.53 Å². The summed E-state index contributed by atoms with van der Waals surface area (Å²) in [4.78, 5) is 16.2. The minimum atomic E-state index is -0.368. The molecule has 3 heteroatoms. The molecular formula is C17H19NO2. The van der Waals surface area contributed by atoms with Crippen LogP contribution in [0.5, 0.6) is 5.88 Å².